The van der Waals surface area contributed by atoms with Crippen LogP contribution in [0.3, 0.4) is 0 Å². The third-order valence-corrected chi connectivity index (χ3v) is 2.74. The van der Waals surface area contributed by atoms with Crippen molar-refractivity contribution in [2.45, 2.75) is 19.4 Å². The highest BCUT2D eigenvalue weighted by Gasteiger charge is 2.19. The molecule has 0 fully saturated rings. The Morgan fingerprint density at radius 2 is 2.00 bits per heavy atom. The second-order valence-corrected chi connectivity index (χ2v) is 5.23. The number of halogens is 3. The van der Waals surface area contributed by atoms with Gasteiger partial charge in [-0.25, -0.2) is 8.78 Å². The normalized spacial score (nSPS) is 12.0. The van der Waals surface area contributed by atoms with Crippen LogP contribution in [0.2, 0.25) is 0 Å². The highest BCUT2D eigenvalue weighted by molar-refractivity contribution is 9.10. The molecular weight excluding hydrogens is 326 g/mol. The van der Waals surface area contributed by atoms with Crippen LogP contribution < -0.4 is 11.1 Å². The summed E-state index contributed by atoms with van der Waals surface area (Å²) in [4.78, 5) is 11.9. The average Bonchev–Trinajstić information content (AvgIpc) is 2.12. The second-order valence-electron chi connectivity index (χ2n) is 3.79. The summed E-state index contributed by atoms with van der Waals surface area (Å²) >= 11 is 7.62. The summed E-state index contributed by atoms with van der Waals surface area (Å²) in [6.45, 7) is 1.64. The molecule has 0 radical (unpaired) electrons. The number of carbonyl (C=O) groups excluding carboxylic acids is 1. The van der Waals surface area contributed by atoms with Gasteiger partial charge >= 0.3 is 0 Å². The summed E-state index contributed by atoms with van der Waals surface area (Å²) in [5, 5.41) is 2.43. The molecule has 0 aliphatic rings. The molecule has 0 bridgehead atoms. The van der Waals surface area contributed by atoms with E-state index in [9.17, 15) is 13.6 Å². The molecular formula is C11H11BrF2N2OS. The van der Waals surface area contributed by atoms with Crippen LogP contribution in [0.1, 0.15) is 23.7 Å². The molecule has 0 heterocycles. The fourth-order valence-corrected chi connectivity index (χ4v) is 2.06. The van der Waals surface area contributed by atoms with E-state index < -0.39 is 29.1 Å². The van der Waals surface area contributed by atoms with E-state index >= 15 is 0 Å². The average molecular weight is 337 g/mol. The lowest BCUT2D eigenvalue weighted by Gasteiger charge is -2.13. The van der Waals surface area contributed by atoms with E-state index in [-0.39, 0.29) is 15.9 Å². The first kappa shape index (κ1) is 15.0. The molecule has 1 amide bonds. The monoisotopic (exact) mass is 336 g/mol. The lowest BCUT2D eigenvalue weighted by atomic mass is 10.1. The first-order chi connectivity index (χ1) is 8.31. The van der Waals surface area contributed by atoms with Crippen LogP contribution in [0.25, 0.3) is 0 Å². The van der Waals surface area contributed by atoms with Crippen molar-refractivity contribution in [2.75, 3.05) is 0 Å². The number of benzene rings is 1. The van der Waals surface area contributed by atoms with Crippen molar-refractivity contribution in [3.8, 4) is 0 Å². The van der Waals surface area contributed by atoms with Gasteiger partial charge in [-0.3, -0.25) is 4.79 Å². The summed E-state index contributed by atoms with van der Waals surface area (Å²) in [5.74, 6) is -2.69. The molecule has 3 N–H and O–H groups in total. The van der Waals surface area contributed by atoms with E-state index in [1.807, 2.05) is 0 Å². The smallest absolute Gasteiger partial charge is 0.257 e. The second kappa shape index (κ2) is 6.19. The third kappa shape index (κ3) is 3.99. The van der Waals surface area contributed by atoms with Gasteiger partial charge in [0, 0.05) is 16.9 Å². The number of nitrogens with one attached hydrogen (secondary N) is 1. The first-order valence-corrected chi connectivity index (χ1v) is 6.25. The number of amides is 1. The van der Waals surface area contributed by atoms with Crippen LogP contribution in [-0.2, 0) is 0 Å². The quantitative estimate of drug-likeness (QED) is 0.830. The Kier molecular flexibility index (Phi) is 5.15. The molecule has 0 saturated heterocycles. The predicted octanol–water partition coefficient (Wildman–Crippen LogP) is 2.52. The van der Waals surface area contributed by atoms with E-state index in [4.69, 9.17) is 5.73 Å². The topological polar surface area (TPSA) is 55.1 Å². The Hall–Kier alpha value is -1.08. The highest BCUT2D eigenvalue weighted by atomic mass is 79.9. The zero-order valence-corrected chi connectivity index (χ0v) is 11.9. The minimum atomic E-state index is -0.929. The Morgan fingerprint density at radius 1 is 1.50 bits per heavy atom. The maximum Gasteiger partial charge on any atom is 0.257 e. The van der Waals surface area contributed by atoms with Crippen LogP contribution in [-0.4, -0.2) is 16.9 Å². The van der Waals surface area contributed by atoms with Crippen molar-refractivity contribution in [1.82, 2.24) is 5.32 Å². The van der Waals surface area contributed by atoms with Crippen LogP contribution >= 0.6 is 28.1 Å². The number of thiocarbonyl (C=S) groups is 1. The van der Waals surface area contributed by atoms with Crippen molar-refractivity contribution < 1.29 is 13.6 Å². The van der Waals surface area contributed by atoms with Gasteiger partial charge in [0.15, 0.2) is 0 Å². The van der Waals surface area contributed by atoms with Crippen molar-refractivity contribution in [3.63, 3.8) is 0 Å². The molecule has 1 atom stereocenters. The SMILES string of the molecule is CC(CC(N)=S)NC(=O)c1c(F)cc(Br)cc1F. The summed E-state index contributed by atoms with van der Waals surface area (Å²) in [7, 11) is 0. The van der Waals surface area contributed by atoms with Gasteiger partial charge in [0.05, 0.1) is 4.99 Å². The lowest BCUT2D eigenvalue weighted by molar-refractivity contribution is 0.0933. The Balaban J connectivity index is 2.88. The van der Waals surface area contributed by atoms with Crippen molar-refractivity contribution in [3.05, 3.63) is 33.8 Å². The van der Waals surface area contributed by atoms with Crippen molar-refractivity contribution in [2.24, 2.45) is 5.73 Å². The molecule has 0 saturated carbocycles. The van der Waals surface area contributed by atoms with Gasteiger partial charge in [0.1, 0.15) is 17.2 Å². The zero-order valence-electron chi connectivity index (χ0n) is 9.47. The molecule has 18 heavy (non-hydrogen) atoms. The Bertz CT molecular complexity index is 473. The van der Waals surface area contributed by atoms with Gasteiger partial charge < -0.3 is 11.1 Å². The van der Waals surface area contributed by atoms with Crippen LogP contribution in [0.5, 0.6) is 0 Å². The number of carbonyl (C=O) groups is 1. The highest BCUT2D eigenvalue weighted by Crippen LogP contribution is 2.19. The van der Waals surface area contributed by atoms with Gasteiger partial charge in [0.25, 0.3) is 5.91 Å². The number of nitrogens with two attached hydrogens (primary N) is 1. The summed E-state index contributed by atoms with van der Waals surface area (Å²) < 4.78 is 27.2. The first-order valence-electron chi connectivity index (χ1n) is 5.05. The van der Waals surface area contributed by atoms with Crippen molar-refractivity contribution >= 4 is 39.0 Å². The number of rotatable bonds is 4. The molecule has 1 unspecified atom stereocenters. The van der Waals surface area contributed by atoms with Gasteiger partial charge in [-0.2, -0.15) is 0 Å². The summed E-state index contributed by atoms with van der Waals surface area (Å²) in [5.41, 5.74) is 4.70. The molecule has 0 aliphatic carbocycles. The minimum Gasteiger partial charge on any atom is -0.393 e. The molecule has 0 aromatic heterocycles. The van der Waals surface area contributed by atoms with E-state index in [1.54, 1.807) is 6.92 Å². The maximum atomic E-state index is 13.5. The van der Waals surface area contributed by atoms with E-state index in [0.29, 0.717) is 0 Å². The zero-order chi connectivity index (χ0) is 13.9. The third-order valence-electron chi connectivity index (χ3n) is 2.12. The van der Waals surface area contributed by atoms with Gasteiger partial charge in [-0.15, -0.1) is 0 Å². The molecule has 7 heteroatoms. The number of hydrogen-bond donors (Lipinski definition) is 2. The fourth-order valence-electron chi connectivity index (χ4n) is 1.41. The molecule has 0 aliphatic heterocycles. The summed E-state index contributed by atoms with van der Waals surface area (Å²) in [6, 6.07) is 1.66. The van der Waals surface area contributed by atoms with E-state index in [2.05, 4.69) is 33.5 Å². The molecule has 1 aromatic rings. The Morgan fingerprint density at radius 3 is 2.44 bits per heavy atom. The van der Waals surface area contributed by atoms with Gasteiger partial charge in [-0.1, -0.05) is 28.1 Å². The minimum absolute atomic E-state index is 0.222. The van der Waals surface area contributed by atoms with E-state index in [1.165, 1.54) is 0 Å². The number of hydrogen-bond acceptors (Lipinski definition) is 2. The maximum absolute atomic E-state index is 13.5. The predicted molar refractivity (Wildman–Crippen MR) is 72.4 cm³/mol. The van der Waals surface area contributed by atoms with Crippen LogP contribution in [0.4, 0.5) is 8.78 Å². The molecule has 1 rings (SSSR count). The van der Waals surface area contributed by atoms with Crippen LogP contribution in [0.15, 0.2) is 16.6 Å². The molecule has 3 nitrogen and oxygen atoms in total. The largest absolute Gasteiger partial charge is 0.393 e. The van der Waals surface area contributed by atoms with Gasteiger partial charge in [0.2, 0.25) is 0 Å². The van der Waals surface area contributed by atoms with Gasteiger partial charge in [-0.05, 0) is 19.1 Å². The molecule has 1 aromatic carbocycles. The summed E-state index contributed by atoms with van der Waals surface area (Å²) in [6.07, 6.45) is 0.265. The van der Waals surface area contributed by atoms with E-state index in [0.717, 1.165) is 12.1 Å². The fraction of sp³-hybridized carbons (Fsp3) is 0.273. The standard InChI is InChI=1S/C11H11BrF2N2OS/c1-5(2-9(15)18)16-11(17)10-7(13)3-6(12)4-8(10)14/h3-5H,2H2,1H3,(H2,15,18)(H,16,17). The molecule has 98 valence electrons. The van der Waals surface area contributed by atoms with Crippen molar-refractivity contribution in [1.29, 1.82) is 0 Å². The van der Waals surface area contributed by atoms with Crippen LogP contribution in [0, 0.1) is 11.6 Å². The lowest BCUT2D eigenvalue weighted by Crippen LogP contribution is -2.36. The Labute approximate surface area is 117 Å². The molecule has 0 spiro atoms.